The summed E-state index contributed by atoms with van der Waals surface area (Å²) in [6.45, 7) is -0.546. The minimum absolute atomic E-state index is 0.0362. The SMILES string of the molecule is COc1cc(C=NNC(=O)CN(c2cc(Cl)ccc2Cl)S(C)(=O)=O)ccc1O. The third-order valence-corrected chi connectivity index (χ3v) is 5.15. The fraction of sp³-hybridized carbons (Fsp3) is 0.176. The molecule has 11 heteroatoms. The molecule has 0 aliphatic rings. The van der Waals surface area contributed by atoms with Crippen LogP contribution in [0, 0.1) is 0 Å². The number of nitrogens with one attached hydrogen (secondary N) is 1. The van der Waals surface area contributed by atoms with E-state index in [1.54, 1.807) is 6.07 Å². The molecule has 0 aliphatic carbocycles. The summed E-state index contributed by atoms with van der Waals surface area (Å²) in [4.78, 5) is 12.2. The molecule has 0 radical (unpaired) electrons. The van der Waals surface area contributed by atoms with E-state index in [0.717, 1.165) is 10.6 Å². The normalized spacial score (nSPS) is 11.4. The van der Waals surface area contributed by atoms with Crippen molar-refractivity contribution in [2.24, 2.45) is 5.10 Å². The third kappa shape index (κ3) is 5.75. The predicted molar refractivity (Wildman–Crippen MR) is 109 cm³/mol. The largest absolute Gasteiger partial charge is 0.504 e. The number of carbonyl (C=O) groups is 1. The molecule has 0 heterocycles. The molecule has 28 heavy (non-hydrogen) atoms. The Morgan fingerprint density at radius 2 is 2.00 bits per heavy atom. The van der Waals surface area contributed by atoms with Crippen LogP contribution in [0.3, 0.4) is 0 Å². The predicted octanol–water partition coefficient (Wildman–Crippen LogP) is 2.62. The summed E-state index contributed by atoms with van der Waals surface area (Å²) in [7, 11) is -2.41. The highest BCUT2D eigenvalue weighted by Crippen LogP contribution is 2.30. The molecule has 2 aromatic rings. The van der Waals surface area contributed by atoms with Gasteiger partial charge in [-0.15, -0.1) is 0 Å². The summed E-state index contributed by atoms with van der Waals surface area (Å²) >= 11 is 12.0. The van der Waals surface area contributed by atoms with E-state index in [-0.39, 0.29) is 27.2 Å². The molecule has 0 saturated heterocycles. The second-order valence-corrected chi connectivity index (χ2v) is 8.34. The number of nitrogens with zero attached hydrogens (tertiary/aromatic N) is 2. The third-order valence-electron chi connectivity index (χ3n) is 3.47. The maximum atomic E-state index is 12.2. The molecule has 0 saturated carbocycles. The lowest BCUT2D eigenvalue weighted by Crippen LogP contribution is -2.39. The van der Waals surface area contributed by atoms with E-state index in [1.807, 2.05) is 0 Å². The number of hydrogen-bond acceptors (Lipinski definition) is 6. The number of aromatic hydroxyl groups is 1. The molecule has 2 rings (SSSR count). The summed E-state index contributed by atoms with van der Waals surface area (Å²) < 4.78 is 30.0. The lowest BCUT2D eigenvalue weighted by atomic mass is 10.2. The number of carbonyl (C=O) groups excluding carboxylic acids is 1. The number of benzene rings is 2. The van der Waals surface area contributed by atoms with Crippen molar-refractivity contribution in [2.75, 3.05) is 24.2 Å². The number of hydrazone groups is 1. The van der Waals surface area contributed by atoms with E-state index in [4.69, 9.17) is 27.9 Å². The molecule has 0 atom stereocenters. The number of rotatable bonds is 7. The standard InChI is InChI=1S/C17H17Cl2N3O5S/c1-27-16-7-11(3-6-15(16)23)9-20-21-17(24)10-22(28(2,25)26)14-8-12(18)4-5-13(14)19/h3-9,23H,10H2,1-2H3,(H,21,24). The summed E-state index contributed by atoms with van der Waals surface area (Å²) in [6, 6.07) is 8.77. The van der Waals surface area contributed by atoms with Gasteiger partial charge in [0.25, 0.3) is 5.91 Å². The van der Waals surface area contributed by atoms with Crippen molar-refractivity contribution in [3.8, 4) is 11.5 Å². The lowest BCUT2D eigenvalue weighted by Gasteiger charge is -2.22. The Hall–Kier alpha value is -2.49. The maximum absolute atomic E-state index is 12.2. The number of phenolic OH excluding ortho intramolecular Hbond substituents is 1. The summed E-state index contributed by atoms with van der Waals surface area (Å²) in [5.41, 5.74) is 2.87. The Kier molecular flexibility index (Phi) is 7.11. The first kappa shape index (κ1) is 21.8. The van der Waals surface area contributed by atoms with Crippen molar-refractivity contribution in [1.29, 1.82) is 0 Å². The first-order valence-corrected chi connectivity index (χ1v) is 10.3. The van der Waals surface area contributed by atoms with Crippen LogP contribution in [0.2, 0.25) is 10.0 Å². The second kappa shape index (κ2) is 9.13. The fourth-order valence-electron chi connectivity index (χ4n) is 2.18. The summed E-state index contributed by atoms with van der Waals surface area (Å²) in [6.07, 6.45) is 2.26. The van der Waals surface area contributed by atoms with Crippen molar-refractivity contribution in [3.63, 3.8) is 0 Å². The summed E-state index contributed by atoms with van der Waals surface area (Å²) in [5, 5.41) is 13.7. The van der Waals surface area contributed by atoms with Gasteiger partial charge in [-0.05, 0) is 42.0 Å². The van der Waals surface area contributed by atoms with Gasteiger partial charge >= 0.3 is 0 Å². The van der Waals surface area contributed by atoms with Gasteiger partial charge in [-0.3, -0.25) is 9.10 Å². The van der Waals surface area contributed by atoms with E-state index >= 15 is 0 Å². The first-order chi connectivity index (χ1) is 13.1. The average molecular weight is 446 g/mol. The van der Waals surface area contributed by atoms with Crippen molar-refractivity contribution < 1.29 is 23.1 Å². The van der Waals surface area contributed by atoms with Gasteiger partial charge in [0.2, 0.25) is 10.0 Å². The monoisotopic (exact) mass is 445 g/mol. The number of ether oxygens (including phenoxy) is 1. The Labute approximate surface area is 172 Å². The molecule has 0 bridgehead atoms. The van der Waals surface area contributed by atoms with Gasteiger partial charge in [-0.2, -0.15) is 5.10 Å². The van der Waals surface area contributed by atoms with Crippen LogP contribution in [0.15, 0.2) is 41.5 Å². The van der Waals surface area contributed by atoms with E-state index in [9.17, 15) is 18.3 Å². The van der Waals surface area contributed by atoms with Crippen LogP contribution in [0.4, 0.5) is 5.69 Å². The second-order valence-electron chi connectivity index (χ2n) is 5.59. The molecular weight excluding hydrogens is 429 g/mol. The molecule has 1 amide bonds. The average Bonchev–Trinajstić information content (AvgIpc) is 2.62. The zero-order valence-corrected chi connectivity index (χ0v) is 17.2. The van der Waals surface area contributed by atoms with Crippen LogP contribution in [-0.4, -0.2) is 45.6 Å². The summed E-state index contributed by atoms with van der Waals surface area (Å²) in [5.74, 6) is -0.483. The van der Waals surface area contributed by atoms with Gasteiger partial charge in [-0.1, -0.05) is 23.2 Å². The molecule has 0 aliphatic heterocycles. The van der Waals surface area contributed by atoms with Crippen LogP contribution in [0.5, 0.6) is 11.5 Å². The van der Waals surface area contributed by atoms with E-state index in [1.165, 1.54) is 43.7 Å². The number of methoxy groups -OCH3 is 1. The smallest absolute Gasteiger partial charge is 0.260 e. The topological polar surface area (TPSA) is 108 Å². The zero-order valence-electron chi connectivity index (χ0n) is 14.9. The highest BCUT2D eigenvalue weighted by Gasteiger charge is 2.23. The van der Waals surface area contributed by atoms with Crippen LogP contribution in [0.25, 0.3) is 0 Å². The number of halogens is 2. The number of anilines is 1. The quantitative estimate of drug-likeness (QED) is 0.502. The van der Waals surface area contributed by atoms with Crippen LogP contribution in [-0.2, 0) is 14.8 Å². The van der Waals surface area contributed by atoms with E-state index in [0.29, 0.717) is 5.56 Å². The minimum atomic E-state index is -3.81. The molecule has 8 nitrogen and oxygen atoms in total. The Bertz CT molecular complexity index is 1010. The number of hydrogen-bond donors (Lipinski definition) is 2. The van der Waals surface area contributed by atoms with Crippen molar-refractivity contribution in [1.82, 2.24) is 5.43 Å². The van der Waals surface area contributed by atoms with Gasteiger partial charge in [-0.25, -0.2) is 13.8 Å². The Morgan fingerprint density at radius 1 is 1.29 bits per heavy atom. The fourth-order valence-corrected chi connectivity index (χ4v) is 3.47. The molecule has 0 unspecified atom stereocenters. The zero-order chi connectivity index (χ0) is 20.9. The molecular formula is C17H17Cl2N3O5S. The number of phenols is 1. The van der Waals surface area contributed by atoms with Crippen molar-refractivity contribution >= 4 is 51.0 Å². The van der Waals surface area contributed by atoms with Crippen LogP contribution < -0.4 is 14.5 Å². The number of sulfonamides is 1. The van der Waals surface area contributed by atoms with Crippen LogP contribution in [0.1, 0.15) is 5.56 Å². The molecule has 0 aromatic heterocycles. The van der Waals surface area contributed by atoms with Gasteiger partial charge < -0.3 is 9.84 Å². The molecule has 0 spiro atoms. The Morgan fingerprint density at radius 3 is 2.64 bits per heavy atom. The van der Waals surface area contributed by atoms with E-state index in [2.05, 4.69) is 10.5 Å². The number of amides is 1. The molecule has 0 fully saturated rings. The van der Waals surface area contributed by atoms with Crippen molar-refractivity contribution in [2.45, 2.75) is 0 Å². The lowest BCUT2D eigenvalue weighted by molar-refractivity contribution is -0.119. The van der Waals surface area contributed by atoms with Gasteiger partial charge in [0.15, 0.2) is 11.5 Å². The van der Waals surface area contributed by atoms with E-state index < -0.39 is 22.5 Å². The van der Waals surface area contributed by atoms with Gasteiger partial charge in [0, 0.05) is 5.02 Å². The highest BCUT2D eigenvalue weighted by molar-refractivity contribution is 7.92. The van der Waals surface area contributed by atoms with Crippen LogP contribution >= 0.6 is 23.2 Å². The van der Waals surface area contributed by atoms with Gasteiger partial charge in [0.05, 0.1) is 30.3 Å². The van der Waals surface area contributed by atoms with Gasteiger partial charge in [0.1, 0.15) is 6.54 Å². The van der Waals surface area contributed by atoms with Crippen molar-refractivity contribution in [3.05, 3.63) is 52.0 Å². The Balaban J connectivity index is 2.13. The first-order valence-electron chi connectivity index (χ1n) is 7.73. The highest BCUT2D eigenvalue weighted by atomic mass is 35.5. The molecule has 2 aromatic carbocycles. The minimum Gasteiger partial charge on any atom is -0.504 e. The molecule has 2 N–H and O–H groups in total. The molecule has 150 valence electrons. The maximum Gasteiger partial charge on any atom is 0.260 e.